The Kier molecular flexibility index (Phi) is 5.87. The Hall–Kier alpha value is -6.45. The first-order valence-corrected chi connectivity index (χ1v) is 16.3. The number of para-hydroxylation sites is 2. The van der Waals surface area contributed by atoms with E-state index in [4.69, 9.17) is 9.40 Å². The van der Waals surface area contributed by atoms with Crippen LogP contribution in [0.25, 0.3) is 76.4 Å². The number of pyridine rings is 1. The summed E-state index contributed by atoms with van der Waals surface area (Å²) in [6, 6.07) is 60.1. The van der Waals surface area contributed by atoms with E-state index < -0.39 is 0 Å². The molecule has 0 amide bonds. The minimum atomic E-state index is 0.847. The van der Waals surface area contributed by atoms with Gasteiger partial charge in [0.25, 0.3) is 0 Å². The van der Waals surface area contributed by atoms with E-state index in [-0.39, 0.29) is 0 Å². The molecule has 0 saturated carbocycles. The first-order valence-electron chi connectivity index (χ1n) is 16.3. The van der Waals surface area contributed by atoms with Gasteiger partial charge in [-0.25, -0.2) is 4.98 Å². The molecule has 3 nitrogen and oxygen atoms in total. The maximum atomic E-state index is 6.97. The lowest BCUT2D eigenvalue weighted by Crippen LogP contribution is -2.11. The fraction of sp³-hybridized carbons (Fsp3) is 0. The average Bonchev–Trinajstić information content (AvgIpc) is 3.55. The van der Waals surface area contributed by atoms with Gasteiger partial charge >= 0.3 is 0 Å². The molecule has 0 aliphatic carbocycles. The van der Waals surface area contributed by atoms with Gasteiger partial charge in [-0.3, -0.25) is 0 Å². The smallest absolute Gasteiger partial charge is 0.160 e. The molecular weight excluding hydrogens is 585 g/mol. The molecule has 0 atom stereocenters. The quantitative estimate of drug-likeness (QED) is 0.185. The van der Waals surface area contributed by atoms with Crippen molar-refractivity contribution in [3.8, 4) is 11.3 Å². The first kappa shape index (κ1) is 26.7. The van der Waals surface area contributed by atoms with Crippen LogP contribution >= 0.6 is 0 Å². The number of hydrogen-bond acceptors (Lipinski definition) is 3. The molecule has 0 N–H and O–H groups in total. The summed E-state index contributed by atoms with van der Waals surface area (Å²) in [4.78, 5) is 7.74. The summed E-state index contributed by atoms with van der Waals surface area (Å²) in [5, 5.41) is 10.2. The minimum absolute atomic E-state index is 0.847. The third-order valence-corrected chi connectivity index (χ3v) is 9.59. The number of benzene rings is 8. The normalized spacial score (nSPS) is 11.8. The van der Waals surface area contributed by atoms with Crippen LogP contribution in [0.15, 0.2) is 174 Å². The molecule has 10 aromatic rings. The molecule has 0 fully saturated rings. The number of anilines is 3. The van der Waals surface area contributed by atoms with Gasteiger partial charge in [0.15, 0.2) is 5.58 Å². The number of furan rings is 1. The minimum Gasteiger partial charge on any atom is -0.454 e. The Morgan fingerprint density at radius 3 is 1.69 bits per heavy atom. The van der Waals surface area contributed by atoms with Crippen molar-refractivity contribution in [1.82, 2.24) is 4.98 Å². The number of hydrogen-bond donors (Lipinski definition) is 0. The third-order valence-electron chi connectivity index (χ3n) is 9.59. The van der Waals surface area contributed by atoms with Gasteiger partial charge in [0, 0.05) is 43.3 Å². The van der Waals surface area contributed by atoms with Crippen molar-refractivity contribution >= 4 is 82.2 Å². The fourth-order valence-corrected chi connectivity index (χ4v) is 7.49. The largest absolute Gasteiger partial charge is 0.454 e. The maximum absolute atomic E-state index is 6.97. The van der Waals surface area contributed by atoms with Crippen LogP contribution in [0.5, 0.6) is 0 Å². The zero-order valence-corrected chi connectivity index (χ0v) is 26.0. The third kappa shape index (κ3) is 3.98. The predicted octanol–water partition coefficient (Wildman–Crippen LogP) is 12.7. The first-order chi connectivity index (χ1) is 23.8. The van der Waals surface area contributed by atoms with Gasteiger partial charge in [0.05, 0.1) is 28.3 Å². The van der Waals surface area contributed by atoms with Crippen LogP contribution in [0.1, 0.15) is 0 Å². The van der Waals surface area contributed by atoms with Gasteiger partial charge in [0.2, 0.25) is 0 Å². The Labute approximate surface area is 276 Å². The predicted molar refractivity (Wildman–Crippen MR) is 202 cm³/mol. The molecule has 0 radical (unpaired) electrons. The molecule has 10 rings (SSSR count). The molecular formula is C45H28N2O. The lowest BCUT2D eigenvalue weighted by Gasteiger charge is -2.29. The molecule has 0 bridgehead atoms. The Morgan fingerprint density at radius 2 is 0.979 bits per heavy atom. The van der Waals surface area contributed by atoms with Crippen LogP contribution in [0, 0.1) is 0 Å². The highest BCUT2D eigenvalue weighted by molar-refractivity contribution is 6.31. The zero-order valence-electron chi connectivity index (χ0n) is 26.0. The SMILES string of the molecule is c1ccc(-c2nc3ccccc3c3c2cc(N(c2cccc4ccccc24)c2cccc4ccccc24)c2oc4ccccc4c23)cc1. The van der Waals surface area contributed by atoms with Crippen molar-refractivity contribution in [2.24, 2.45) is 0 Å². The Bertz CT molecular complexity index is 2760. The topological polar surface area (TPSA) is 29.3 Å². The molecule has 3 heteroatoms. The summed E-state index contributed by atoms with van der Waals surface area (Å²) in [6.45, 7) is 0. The summed E-state index contributed by atoms with van der Waals surface area (Å²) in [7, 11) is 0. The highest BCUT2D eigenvalue weighted by atomic mass is 16.3. The molecule has 0 unspecified atom stereocenters. The summed E-state index contributed by atoms with van der Waals surface area (Å²) < 4.78 is 6.97. The van der Waals surface area contributed by atoms with Crippen LogP contribution in [0.4, 0.5) is 17.1 Å². The molecule has 0 spiro atoms. The second-order valence-electron chi connectivity index (χ2n) is 12.3. The molecule has 224 valence electrons. The van der Waals surface area contributed by atoms with Crippen molar-refractivity contribution < 1.29 is 4.42 Å². The van der Waals surface area contributed by atoms with Crippen LogP contribution in [0.3, 0.4) is 0 Å². The summed E-state index contributed by atoms with van der Waals surface area (Å²) in [6.07, 6.45) is 0. The highest BCUT2D eigenvalue weighted by Crippen LogP contribution is 2.50. The van der Waals surface area contributed by atoms with E-state index in [1.807, 2.05) is 0 Å². The van der Waals surface area contributed by atoms with Gasteiger partial charge in [-0.1, -0.05) is 140 Å². The van der Waals surface area contributed by atoms with Crippen molar-refractivity contribution in [2.45, 2.75) is 0 Å². The summed E-state index contributed by atoms with van der Waals surface area (Å²) >= 11 is 0. The van der Waals surface area contributed by atoms with E-state index in [0.717, 1.165) is 82.7 Å². The number of aromatic nitrogens is 1. The standard InChI is InChI=1S/C45H28N2O/c1-2-16-31(17-3-1)44-36-28-40(45-43(35-23-9-11-27-41(35)48-45)42(36)34-22-8-10-24-37(34)46-44)47(38-25-12-18-29-14-4-6-20-32(29)38)39-26-13-19-30-15-5-7-21-33(30)39/h1-28H. The molecule has 8 aromatic carbocycles. The van der Waals surface area contributed by atoms with Crippen LogP contribution in [0.2, 0.25) is 0 Å². The molecule has 2 aromatic heterocycles. The van der Waals surface area contributed by atoms with Gasteiger partial charge in [-0.15, -0.1) is 0 Å². The zero-order chi connectivity index (χ0) is 31.6. The van der Waals surface area contributed by atoms with Crippen molar-refractivity contribution in [3.63, 3.8) is 0 Å². The van der Waals surface area contributed by atoms with Crippen LogP contribution in [-0.2, 0) is 0 Å². The van der Waals surface area contributed by atoms with Gasteiger partial charge in [0.1, 0.15) is 5.58 Å². The van der Waals surface area contributed by atoms with E-state index in [1.54, 1.807) is 0 Å². The van der Waals surface area contributed by atoms with Crippen LogP contribution in [-0.4, -0.2) is 4.98 Å². The summed E-state index contributed by atoms with van der Waals surface area (Å²) in [5.41, 5.74) is 7.83. The van der Waals surface area contributed by atoms with E-state index in [2.05, 4.69) is 175 Å². The second-order valence-corrected chi connectivity index (χ2v) is 12.3. The van der Waals surface area contributed by atoms with Gasteiger partial charge in [-0.2, -0.15) is 0 Å². The van der Waals surface area contributed by atoms with Crippen LogP contribution < -0.4 is 4.90 Å². The summed E-state index contributed by atoms with van der Waals surface area (Å²) in [5.74, 6) is 0. The average molecular weight is 613 g/mol. The van der Waals surface area contributed by atoms with E-state index in [1.165, 1.54) is 10.8 Å². The fourth-order valence-electron chi connectivity index (χ4n) is 7.49. The molecule has 2 heterocycles. The maximum Gasteiger partial charge on any atom is 0.160 e. The lowest BCUT2D eigenvalue weighted by molar-refractivity contribution is 0.669. The highest BCUT2D eigenvalue weighted by Gasteiger charge is 2.26. The Balaban J connectivity index is 1.45. The van der Waals surface area contributed by atoms with E-state index >= 15 is 0 Å². The van der Waals surface area contributed by atoms with Crippen molar-refractivity contribution in [3.05, 3.63) is 170 Å². The van der Waals surface area contributed by atoms with Gasteiger partial charge in [-0.05, 0) is 41.1 Å². The van der Waals surface area contributed by atoms with Crippen molar-refractivity contribution in [2.75, 3.05) is 4.90 Å². The van der Waals surface area contributed by atoms with Crippen molar-refractivity contribution in [1.29, 1.82) is 0 Å². The number of nitrogens with zero attached hydrogens (tertiary/aromatic N) is 2. The Morgan fingerprint density at radius 1 is 0.417 bits per heavy atom. The second kappa shape index (κ2) is 10.5. The lowest BCUT2D eigenvalue weighted by atomic mass is 9.94. The molecule has 0 saturated heterocycles. The number of fused-ring (bicyclic) bond motifs is 9. The number of rotatable bonds is 4. The van der Waals surface area contributed by atoms with E-state index in [9.17, 15) is 0 Å². The van der Waals surface area contributed by atoms with E-state index in [0.29, 0.717) is 0 Å². The molecule has 0 aliphatic heterocycles. The monoisotopic (exact) mass is 612 g/mol. The van der Waals surface area contributed by atoms with Gasteiger partial charge < -0.3 is 9.32 Å². The molecule has 48 heavy (non-hydrogen) atoms. The molecule has 0 aliphatic rings.